The number of aromatic nitrogens is 3. The molecule has 8 nitrogen and oxygen atoms in total. The van der Waals surface area contributed by atoms with Crippen molar-refractivity contribution in [2.45, 2.75) is 24.3 Å². The van der Waals surface area contributed by atoms with Crippen molar-refractivity contribution in [2.75, 3.05) is 19.4 Å². The van der Waals surface area contributed by atoms with E-state index in [4.69, 9.17) is 5.73 Å². The molecule has 4 atom stereocenters. The summed E-state index contributed by atoms with van der Waals surface area (Å²) in [5.74, 6) is 0.329. The largest absolute Gasteiger partial charge is 0.395 e. The minimum atomic E-state index is -1.01. The number of aliphatic hydroxyl groups is 3. The van der Waals surface area contributed by atoms with Gasteiger partial charge in [-0.2, -0.15) is 0 Å². The molecule has 0 radical (unpaired) electrons. The number of hydrogen-bond acceptors (Lipinski definition) is 7. The van der Waals surface area contributed by atoms with Gasteiger partial charge >= 0.3 is 0 Å². The number of hydrogen-bond donors (Lipinski definition) is 5. The number of nitrogens with zero attached hydrogens (tertiary/aromatic N) is 3. The van der Waals surface area contributed by atoms with Gasteiger partial charge in [-0.25, -0.2) is 9.97 Å². The molecule has 1 fully saturated rings. The molecule has 1 saturated heterocycles. The number of fused-ring (bicyclic) bond motifs is 1. The summed E-state index contributed by atoms with van der Waals surface area (Å²) in [6, 6.07) is -0.982. The predicted octanol–water partition coefficient (Wildman–Crippen LogP) is -1.39. The molecule has 0 aliphatic carbocycles. The lowest BCUT2D eigenvalue weighted by atomic mass is 10.0. The van der Waals surface area contributed by atoms with Gasteiger partial charge < -0.3 is 26.0 Å². The van der Waals surface area contributed by atoms with Crippen molar-refractivity contribution < 1.29 is 15.3 Å². The Hall–Kier alpha value is -1.74. The predicted molar refractivity (Wildman–Crippen MR) is 71.7 cm³/mol. The summed E-state index contributed by atoms with van der Waals surface area (Å²) < 4.78 is 0. The normalized spacial score (nSPS) is 31.2. The minimum Gasteiger partial charge on any atom is -0.395 e. The first kappa shape index (κ1) is 13.3. The second-order valence-electron chi connectivity index (χ2n) is 5.07. The Morgan fingerprint density at radius 1 is 1.35 bits per heavy atom. The maximum atomic E-state index is 10.2. The van der Waals surface area contributed by atoms with Crippen molar-refractivity contribution in [2.24, 2.45) is 0 Å². The van der Waals surface area contributed by atoms with Crippen molar-refractivity contribution in [1.29, 1.82) is 0 Å². The molecular formula is C12H17N5O3. The quantitative estimate of drug-likeness (QED) is 0.457. The monoisotopic (exact) mass is 279 g/mol. The molecule has 2 aromatic heterocycles. The topological polar surface area (TPSA) is 132 Å². The Balaban J connectivity index is 2.09. The van der Waals surface area contributed by atoms with Gasteiger partial charge in [0.05, 0.1) is 30.3 Å². The average Bonchev–Trinajstić information content (AvgIpc) is 2.92. The molecule has 0 aromatic carbocycles. The van der Waals surface area contributed by atoms with Gasteiger partial charge in [0.15, 0.2) is 5.82 Å². The third kappa shape index (κ3) is 1.70. The number of rotatable bonds is 2. The van der Waals surface area contributed by atoms with E-state index in [2.05, 4.69) is 15.0 Å². The number of H-pyrrole nitrogens is 1. The van der Waals surface area contributed by atoms with Gasteiger partial charge in [0.2, 0.25) is 0 Å². The highest BCUT2D eigenvalue weighted by Gasteiger charge is 2.47. The van der Waals surface area contributed by atoms with Crippen LogP contribution in [0.3, 0.4) is 0 Å². The van der Waals surface area contributed by atoms with E-state index in [0.29, 0.717) is 16.9 Å². The van der Waals surface area contributed by atoms with Gasteiger partial charge in [-0.1, -0.05) is 0 Å². The number of likely N-dealkylation sites (tertiary alicyclic amines) is 1. The number of aliphatic hydroxyl groups excluding tert-OH is 3. The van der Waals surface area contributed by atoms with Gasteiger partial charge in [-0.05, 0) is 7.05 Å². The van der Waals surface area contributed by atoms with Gasteiger partial charge in [0, 0.05) is 11.8 Å². The summed E-state index contributed by atoms with van der Waals surface area (Å²) in [4.78, 5) is 12.8. The molecule has 6 N–H and O–H groups in total. The summed E-state index contributed by atoms with van der Waals surface area (Å²) in [5, 5.41) is 29.6. The SMILES string of the molecule is CN1C(CO)C(O)C(O)C1c1c[nH]c2c(N)ncnc12. The fourth-order valence-electron chi connectivity index (χ4n) is 2.95. The zero-order valence-corrected chi connectivity index (χ0v) is 10.9. The summed E-state index contributed by atoms with van der Waals surface area (Å²) in [6.45, 7) is -0.231. The average molecular weight is 279 g/mol. The fourth-order valence-corrected chi connectivity index (χ4v) is 2.95. The highest BCUT2D eigenvalue weighted by molar-refractivity contribution is 5.87. The molecule has 1 aliphatic heterocycles. The number of nitrogens with two attached hydrogens (primary N) is 1. The second-order valence-corrected chi connectivity index (χ2v) is 5.07. The van der Waals surface area contributed by atoms with Crippen LogP contribution in [0.1, 0.15) is 11.6 Å². The van der Waals surface area contributed by atoms with Crippen molar-refractivity contribution in [3.05, 3.63) is 18.1 Å². The molecule has 20 heavy (non-hydrogen) atoms. The Kier molecular flexibility index (Phi) is 3.09. The molecule has 0 saturated carbocycles. The van der Waals surface area contributed by atoms with Gasteiger partial charge in [0.25, 0.3) is 0 Å². The van der Waals surface area contributed by atoms with E-state index in [-0.39, 0.29) is 6.61 Å². The first-order valence-electron chi connectivity index (χ1n) is 6.32. The lowest BCUT2D eigenvalue weighted by Crippen LogP contribution is -2.37. The van der Waals surface area contributed by atoms with Crippen molar-refractivity contribution in [1.82, 2.24) is 19.9 Å². The van der Waals surface area contributed by atoms with Crippen LogP contribution in [-0.4, -0.2) is 67.1 Å². The zero-order chi connectivity index (χ0) is 14.4. The molecule has 108 valence electrons. The third-order valence-electron chi connectivity index (χ3n) is 4.06. The lowest BCUT2D eigenvalue weighted by Gasteiger charge is -2.24. The minimum absolute atomic E-state index is 0.231. The van der Waals surface area contributed by atoms with Crippen LogP contribution in [-0.2, 0) is 0 Å². The number of nitrogens with one attached hydrogen (secondary N) is 1. The highest BCUT2D eigenvalue weighted by atomic mass is 16.3. The standard InChI is InChI=1S/C12H17N5O3/c1-17-6(3-18)10(19)11(20)9(17)5-2-14-8-7(5)15-4-16-12(8)13/h2,4,6,9-11,14,18-20H,3H2,1H3,(H2,13,15,16). The van der Waals surface area contributed by atoms with E-state index in [1.165, 1.54) is 6.33 Å². The summed E-state index contributed by atoms with van der Waals surface area (Å²) in [6.07, 6.45) is 1.04. The molecule has 0 bridgehead atoms. The Morgan fingerprint density at radius 3 is 2.75 bits per heavy atom. The van der Waals surface area contributed by atoms with Crippen LogP contribution in [0.25, 0.3) is 11.0 Å². The molecule has 0 amide bonds. The summed E-state index contributed by atoms with van der Waals surface area (Å²) in [7, 11) is 1.74. The van der Waals surface area contributed by atoms with Crippen LogP contribution in [0.4, 0.5) is 5.82 Å². The molecule has 1 aliphatic rings. The lowest BCUT2D eigenvalue weighted by molar-refractivity contribution is 0.0185. The Bertz CT molecular complexity index is 631. The van der Waals surface area contributed by atoms with Crippen LogP contribution >= 0.6 is 0 Å². The van der Waals surface area contributed by atoms with E-state index in [9.17, 15) is 15.3 Å². The molecular weight excluding hydrogens is 262 g/mol. The smallest absolute Gasteiger partial charge is 0.151 e. The van der Waals surface area contributed by atoms with Crippen LogP contribution < -0.4 is 5.73 Å². The second kappa shape index (κ2) is 4.67. The fraction of sp³-hybridized carbons (Fsp3) is 0.500. The number of nitrogen functional groups attached to an aromatic ring is 1. The number of likely N-dealkylation sites (N-methyl/N-ethyl adjacent to an activating group) is 1. The van der Waals surface area contributed by atoms with Crippen molar-refractivity contribution >= 4 is 16.9 Å². The molecule has 0 spiro atoms. The van der Waals surface area contributed by atoms with Gasteiger partial charge in [-0.15, -0.1) is 0 Å². The first-order chi connectivity index (χ1) is 9.56. The van der Waals surface area contributed by atoms with E-state index < -0.39 is 24.3 Å². The first-order valence-corrected chi connectivity index (χ1v) is 6.32. The summed E-state index contributed by atoms with van der Waals surface area (Å²) in [5.41, 5.74) is 7.70. The van der Waals surface area contributed by atoms with Crippen LogP contribution in [0.5, 0.6) is 0 Å². The van der Waals surface area contributed by atoms with Crippen LogP contribution in [0, 0.1) is 0 Å². The molecule has 8 heteroatoms. The van der Waals surface area contributed by atoms with Crippen LogP contribution in [0.2, 0.25) is 0 Å². The molecule has 3 rings (SSSR count). The van der Waals surface area contributed by atoms with E-state index in [0.717, 1.165) is 5.56 Å². The zero-order valence-electron chi connectivity index (χ0n) is 10.9. The Morgan fingerprint density at radius 2 is 2.10 bits per heavy atom. The van der Waals surface area contributed by atoms with Gasteiger partial charge in [0.1, 0.15) is 17.9 Å². The maximum Gasteiger partial charge on any atom is 0.151 e. The summed E-state index contributed by atoms with van der Waals surface area (Å²) >= 11 is 0. The Labute approximate surface area is 114 Å². The molecule has 2 aromatic rings. The third-order valence-corrected chi connectivity index (χ3v) is 4.06. The van der Waals surface area contributed by atoms with Crippen molar-refractivity contribution in [3.63, 3.8) is 0 Å². The number of aromatic amines is 1. The highest BCUT2D eigenvalue weighted by Crippen LogP contribution is 2.38. The molecule has 3 heterocycles. The van der Waals surface area contributed by atoms with E-state index >= 15 is 0 Å². The van der Waals surface area contributed by atoms with E-state index in [1.807, 2.05) is 0 Å². The van der Waals surface area contributed by atoms with E-state index in [1.54, 1.807) is 18.1 Å². The van der Waals surface area contributed by atoms with Crippen molar-refractivity contribution in [3.8, 4) is 0 Å². The molecule has 4 unspecified atom stereocenters. The number of anilines is 1. The maximum absolute atomic E-state index is 10.2. The van der Waals surface area contributed by atoms with Crippen LogP contribution in [0.15, 0.2) is 12.5 Å². The van der Waals surface area contributed by atoms with Gasteiger partial charge in [-0.3, -0.25) is 4.90 Å².